The van der Waals surface area contributed by atoms with Crippen molar-refractivity contribution in [3.05, 3.63) is 42.0 Å². The van der Waals surface area contributed by atoms with Crippen molar-refractivity contribution < 1.29 is 9.50 Å². The average molecular weight is 236 g/mol. The summed E-state index contributed by atoms with van der Waals surface area (Å²) in [4.78, 5) is 0. The van der Waals surface area contributed by atoms with Gasteiger partial charge in [-0.3, -0.25) is 0 Å². The first-order valence-electron chi connectivity index (χ1n) is 6.35. The molecular formula is C15H21FO. The molecule has 1 rings (SSSR count). The number of hydrogen-bond donors (Lipinski definition) is 1. The summed E-state index contributed by atoms with van der Waals surface area (Å²) in [5, 5.41) is 9.66. The third-order valence-electron chi connectivity index (χ3n) is 2.74. The fourth-order valence-corrected chi connectivity index (χ4v) is 1.73. The van der Waals surface area contributed by atoms with E-state index in [9.17, 15) is 9.50 Å². The molecule has 0 aromatic heterocycles. The van der Waals surface area contributed by atoms with Crippen LogP contribution in [0.25, 0.3) is 5.83 Å². The second kappa shape index (κ2) is 8.02. The molecule has 0 amide bonds. The molecule has 0 radical (unpaired) electrons. The van der Waals surface area contributed by atoms with E-state index in [1.807, 2.05) is 6.07 Å². The van der Waals surface area contributed by atoms with Gasteiger partial charge in [0.05, 0.1) is 6.10 Å². The summed E-state index contributed by atoms with van der Waals surface area (Å²) in [5.41, 5.74) is 0.528. The van der Waals surface area contributed by atoms with Gasteiger partial charge < -0.3 is 5.11 Å². The van der Waals surface area contributed by atoms with E-state index < -0.39 is 6.10 Å². The molecule has 17 heavy (non-hydrogen) atoms. The van der Waals surface area contributed by atoms with Gasteiger partial charge in [-0.25, -0.2) is 4.39 Å². The quantitative estimate of drug-likeness (QED) is 0.699. The van der Waals surface area contributed by atoms with Gasteiger partial charge >= 0.3 is 0 Å². The lowest BCUT2D eigenvalue weighted by Crippen LogP contribution is -2.02. The van der Waals surface area contributed by atoms with Gasteiger partial charge in [-0.1, -0.05) is 62.9 Å². The molecule has 94 valence electrons. The normalized spacial score (nSPS) is 13.7. The Bertz CT molecular complexity index is 332. The molecular weight excluding hydrogens is 215 g/mol. The number of aliphatic hydroxyl groups is 1. The number of halogens is 1. The Morgan fingerprint density at radius 2 is 1.94 bits per heavy atom. The Labute approximate surface area is 103 Å². The Morgan fingerprint density at radius 1 is 1.24 bits per heavy atom. The molecule has 1 nitrogen and oxygen atoms in total. The summed E-state index contributed by atoms with van der Waals surface area (Å²) < 4.78 is 13.7. The van der Waals surface area contributed by atoms with Crippen LogP contribution in [0.2, 0.25) is 0 Å². The smallest absolute Gasteiger partial charge is 0.129 e. The van der Waals surface area contributed by atoms with Crippen molar-refractivity contribution in [2.75, 3.05) is 0 Å². The van der Waals surface area contributed by atoms with Gasteiger partial charge in [0, 0.05) is 5.56 Å². The third-order valence-corrected chi connectivity index (χ3v) is 2.74. The highest BCUT2D eigenvalue weighted by Crippen LogP contribution is 2.17. The van der Waals surface area contributed by atoms with Crippen LogP contribution in [0.1, 0.15) is 44.6 Å². The van der Waals surface area contributed by atoms with Crippen molar-refractivity contribution in [3.8, 4) is 0 Å². The number of rotatable bonds is 7. The van der Waals surface area contributed by atoms with Crippen molar-refractivity contribution >= 4 is 5.83 Å². The molecule has 1 unspecified atom stereocenters. The molecule has 0 aliphatic heterocycles. The van der Waals surface area contributed by atoms with E-state index in [2.05, 4.69) is 6.92 Å². The molecule has 0 spiro atoms. The summed E-state index contributed by atoms with van der Waals surface area (Å²) in [5.74, 6) is -0.339. The minimum Gasteiger partial charge on any atom is -0.389 e. The number of aliphatic hydroxyl groups excluding tert-OH is 1. The maximum atomic E-state index is 13.7. The summed E-state index contributed by atoms with van der Waals surface area (Å²) in [6.45, 7) is 2.14. The number of unbranched alkanes of at least 4 members (excludes halogenated alkanes) is 3. The van der Waals surface area contributed by atoms with Crippen molar-refractivity contribution in [1.82, 2.24) is 0 Å². The molecule has 1 aromatic carbocycles. The zero-order chi connectivity index (χ0) is 12.5. The first-order chi connectivity index (χ1) is 8.24. The molecule has 0 aliphatic carbocycles. The highest BCUT2D eigenvalue weighted by Gasteiger charge is 2.04. The average Bonchev–Trinajstić information content (AvgIpc) is 2.36. The van der Waals surface area contributed by atoms with Crippen LogP contribution >= 0.6 is 0 Å². The van der Waals surface area contributed by atoms with Gasteiger partial charge in [-0.05, 0) is 12.5 Å². The lowest BCUT2D eigenvalue weighted by atomic mass is 10.1. The van der Waals surface area contributed by atoms with E-state index >= 15 is 0 Å². The van der Waals surface area contributed by atoms with Gasteiger partial charge in [-0.2, -0.15) is 0 Å². The zero-order valence-electron chi connectivity index (χ0n) is 10.4. The summed E-state index contributed by atoms with van der Waals surface area (Å²) in [6.07, 6.45) is 5.68. The predicted octanol–water partition coefficient (Wildman–Crippen LogP) is 4.33. The van der Waals surface area contributed by atoms with E-state index in [-0.39, 0.29) is 5.83 Å². The van der Waals surface area contributed by atoms with Crippen LogP contribution in [0.4, 0.5) is 4.39 Å². The molecule has 0 aliphatic rings. The van der Waals surface area contributed by atoms with Gasteiger partial charge in [0.25, 0.3) is 0 Å². The van der Waals surface area contributed by atoms with Crippen molar-refractivity contribution in [2.24, 2.45) is 0 Å². The minimum atomic E-state index is -0.674. The highest BCUT2D eigenvalue weighted by atomic mass is 19.1. The standard InChI is InChI=1S/C15H21FO/c1-2-3-4-8-11-14(17)12-15(16)13-9-6-5-7-10-13/h5-7,9-10,12,14,17H,2-4,8,11H2,1H3/b15-12-. The van der Waals surface area contributed by atoms with Crippen molar-refractivity contribution in [3.63, 3.8) is 0 Å². The van der Waals surface area contributed by atoms with Crippen LogP contribution in [0.15, 0.2) is 36.4 Å². The Hall–Kier alpha value is -1.15. The monoisotopic (exact) mass is 236 g/mol. The fourth-order valence-electron chi connectivity index (χ4n) is 1.73. The van der Waals surface area contributed by atoms with Crippen LogP contribution in [0.3, 0.4) is 0 Å². The Morgan fingerprint density at radius 3 is 2.59 bits per heavy atom. The van der Waals surface area contributed by atoms with Crippen LogP contribution < -0.4 is 0 Å². The molecule has 0 fully saturated rings. The van der Waals surface area contributed by atoms with Crippen molar-refractivity contribution in [1.29, 1.82) is 0 Å². The van der Waals surface area contributed by atoms with E-state index in [0.29, 0.717) is 12.0 Å². The molecule has 0 saturated carbocycles. The first-order valence-corrected chi connectivity index (χ1v) is 6.35. The summed E-state index contributed by atoms with van der Waals surface area (Å²) in [7, 11) is 0. The number of hydrogen-bond acceptors (Lipinski definition) is 1. The van der Waals surface area contributed by atoms with E-state index in [0.717, 1.165) is 12.8 Å². The molecule has 2 heteroatoms. The second-order valence-corrected chi connectivity index (χ2v) is 4.30. The maximum Gasteiger partial charge on any atom is 0.129 e. The predicted molar refractivity (Wildman–Crippen MR) is 70.3 cm³/mol. The molecule has 1 atom stereocenters. The van der Waals surface area contributed by atoms with Gasteiger partial charge in [0.1, 0.15) is 5.83 Å². The molecule has 0 heterocycles. The largest absolute Gasteiger partial charge is 0.389 e. The van der Waals surface area contributed by atoms with Gasteiger partial charge in [0.15, 0.2) is 0 Å². The molecule has 0 bridgehead atoms. The van der Waals surface area contributed by atoms with E-state index in [1.54, 1.807) is 24.3 Å². The molecule has 1 N–H and O–H groups in total. The van der Waals surface area contributed by atoms with Crippen LogP contribution in [0, 0.1) is 0 Å². The highest BCUT2D eigenvalue weighted by molar-refractivity contribution is 5.59. The first kappa shape index (κ1) is 13.9. The molecule has 0 saturated heterocycles. The summed E-state index contributed by atoms with van der Waals surface area (Å²) >= 11 is 0. The molecule has 1 aromatic rings. The van der Waals surface area contributed by atoms with Crippen LogP contribution in [0.5, 0.6) is 0 Å². The maximum absolute atomic E-state index is 13.7. The SMILES string of the molecule is CCCCCCC(O)/C=C(\F)c1ccccc1. The van der Waals surface area contributed by atoms with Gasteiger partial charge in [0.2, 0.25) is 0 Å². The van der Waals surface area contributed by atoms with Crippen molar-refractivity contribution in [2.45, 2.75) is 45.1 Å². The van der Waals surface area contributed by atoms with E-state index in [1.165, 1.54) is 18.9 Å². The second-order valence-electron chi connectivity index (χ2n) is 4.30. The Balaban J connectivity index is 2.40. The lowest BCUT2D eigenvalue weighted by Gasteiger charge is -2.06. The Kier molecular flexibility index (Phi) is 6.56. The number of benzene rings is 1. The van der Waals surface area contributed by atoms with E-state index in [4.69, 9.17) is 0 Å². The topological polar surface area (TPSA) is 20.2 Å². The van der Waals surface area contributed by atoms with Gasteiger partial charge in [-0.15, -0.1) is 0 Å². The third kappa shape index (κ3) is 5.64. The summed E-state index contributed by atoms with van der Waals surface area (Å²) in [6, 6.07) is 8.83. The zero-order valence-corrected chi connectivity index (χ0v) is 10.4. The minimum absolute atomic E-state index is 0.339. The van der Waals surface area contributed by atoms with Crippen LogP contribution in [-0.4, -0.2) is 11.2 Å². The lowest BCUT2D eigenvalue weighted by molar-refractivity contribution is 0.207. The fraction of sp³-hybridized carbons (Fsp3) is 0.467. The van der Waals surface area contributed by atoms with Crippen LogP contribution in [-0.2, 0) is 0 Å².